The highest BCUT2D eigenvalue weighted by Gasteiger charge is 2.24. The van der Waals surface area contributed by atoms with Gasteiger partial charge in [0, 0.05) is 26.2 Å². The van der Waals surface area contributed by atoms with Crippen LogP contribution in [0.2, 0.25) is 0 Å². The van der Waals surface area contributed by atoms with E-state index < -0.39 is 0 Å². The highest BCUT2D eigenvalue weighted by molar-refractivity contribution is 5.14. The summed E-state index contributed by atoms with van der Waals surface area (Å²) < 4.78 is 0. The van der Waals surface area contributed by atoms with Crippen molar-refractivity contribution in [3.8, 4) is 0 Å². The third kappa shape index (κ3) is 6.04. The van der Waals surface area contributed by atoms with Gasteiger partial charge in [-0.1, -0.05) is 51.1 Å². The van der Waals surface area contributed by atoms with Crippen molar-refractivity contribution in [3.63, 3.8) is 0 Å². The summed E-state index contributed by atoms with van der Waals surface area (Å²) in [6.07, 6.45) is 1.14. The predicted molar refractivity (Wildman–Crippen MR) is 85.7 cm³/mol. The summed E-state index contributed by atoms with van der Waals surface area (Å²) in [6, 6.07) is 10.5. The molecule has 0 bridgehead atoms. The van der Waals surface area contributed by atoms with Crippen LogP contribution in [-0.2, 0) is 6.54 Å². The minimum atomic E-state index is 0.216. The second-order valence-electron chi connectivity index (χ2n) is 5.86. The fourth-order valence-corrected chi connectivity index (χ4v) is 2.46. The fourth-order valence-electron chi connectivity index (χ4n) is 2.46. The van der Waals surface area contributed by atoms with Crippen LogP contribution in [0.5, 0.6) is 0 Å². The lowest BCUT2D eigenvalue weighted by atomic mass is 9.86. The van der Waals surface area contributed by atoms with Gasteiger partial charge in [-0.2, -0.15) is 0 Å². The number of nitrogens with zero attached hydrogens (tertiary/aromatic N) is 1. The van der Waals surface area contributed by atoms with E-state index in [0.29, 0.717) is 0 Å². The van der Waals surface area contributed by atoms with Crippen LogP contribution in [0.1, 0.15) is 32.8 Å². The first-order valence-electron chi connectivity index (χ1n) is 7.71. The number of aliphatic hydroxyl groups is 1. The Morgan fingerprint density at radius 2 is 1.90 bits per heavy atom. The average Bonchev–Trinajstić information content (AvgIpc) is 2.46. The van der Waals surface area contributed by atoms with E-state index in [1.807, 2.05) is 6.07 Å². The maximum Gasteiger partial charge on any atom is 0.0558 e. The number of nitrogens with one attached hydrogen (secondary N) is 1. The summed E-state index contributed by atoms with van der Waals surface area (Å²) in [5, 5.41) is 12.8. The molecule has 0 radical (unpaired) electrons. The summed E-state index contributed by atoms with van der Waals surface area (Å²) in [5.74, 6) is 0. The minimum Gasteiger partial charge on any atom is -0.395 e. The lowest BCUT2D eigenvalue weighted by Gasteiger charge is -2.35. The number of hydrogen-bond acceptors (Lipinski definition) is 3. The predicted octanol–water partition coefficient (Wildman–Crippen LogP) is 2.51. The molecule has 0 amide bonds. The summed E-state index contributed by atoms with van der Waals surface area (Å²) in [6.45, 7) is 11.6. The molecule has 1 aromatic carbocycles. The highest BCUT2D eigenvalue weighted by atomic mass is 16.3. The molecule has 0 heterocycles. The molecule has 1 aromatic rings. The van der Waals surface area contributed by atoms with Gasteiger partial charge < -0.3 is 10.4 Å². The van der Waals surface area contributed by atoms with Gasteiger partial charge in [-0.05, 0) is 23.9 Å². The SMILES string of the molecule is CCNCC(C)(CC)CN(CCO)Cc1ccccc1. The van der Waals surface area contributed by atoms with Crippen LogP contribution in [-0.4, -0.2) is 42.8 Å². The van der Waals surface area contributed by atoms with Crippen LogP contribution in [0, 0.1) is 5.41 Å². The zero-order valence-electron chi connectivity index (χ0n) is 13.2. The molecule has 1 rings (SSSR count). The largest absolute Gasteiger partial charge is 0.395 e. The van der Waals surface area contributed by atoms with Crippen molar-refractivity contribution in [1.29, 1.82) is 0 Å². The summed E-state index contributed by atoms with van der Waals surface area (Å²) in [5.41, 5.74) is 1.56. The standard InChI is InChI=1S/C17H30N2O/c1-4-17(3,14-18-5-2)15-19(11-12-20)13-16-9-7-6-8-10-16/h6-10,18,20H,4-5,11-15H2,1-3H3. The van der Waals surface area contributed by atoms with E-state index in [0.717, 1.165) is 39.1 Å². The topological polar surface area (TPSA) is 35.5 Å². The molecular weight excluding hydrogens is 248 g/mol. The highest BCUT2D eigenvalue weighted by Crippen LogP contribution is 2.22. The van der Waals surface area contributed by atoms with Crippen LogP contribution in [0.3, 0.4) is 0 Å². The maximum absolute atomic E-state index is 9.30. The monoisotopic (exact) mass is 278 g/mol. The number of hydrogen-bond donors (Lipinski definition) is 2. The Morgan fingerprint density at radius 1 is 1.20 bits per heavy atom. The lowest BCUT2D eigenvalue weighted by Crippen LogP contribution is -2.42. The van der Waals surface area contributed by atoms with Gasteiger partial charge in [-0.15, -0.1) is 0 Å². The van der Waals surface area contributed by atoms with Gasteiger partial charge in [0.15, 0.2) is 0 Å². The van der Waals surface area contributed by atoms with Gasteiger partial charge in [0.25, 0.3) is 0 Å². The average molecular weight is 278 g/mol. The summed E-state index contributed by atoms with van der Waals surface area (Å²) >= 11 is 0. The van der Waals surface area contributed by atoms with Crippen LogP contribution >= 0.6 is 0 Å². The zero-order chi connectivity index (χ0) is 14.8. The molecule has 0 saturated heterocycles. The van der Waals surface area contributed by atoms with Gasteiger partial charge in [0.05, 0.1) is 6.61 Å². The van der Waals surface area contributed by atoms with Crippen molar-refractivity contribution in [1.82, 2.24) is 10.2 Å². The van der Waals surface area contributed by atoms with Crippen LogP contribution < -0.4 is 5.32 Å². The quantitative estimate of drug-likeness (QED) is 0.690. The van der Waals surface area contributed by atoms with Crippen LogP contribution in [0.4, 0.5) is 0 Å². The normalized spacial score (nSPS) is 14.4. The lowest BCUT2D eigenvalue weighted by molar-refractivity contribution is 0.123. The van der Waals surface area contributed by atoms with E-state index in [4.69, 9.17) is 0 Å². The maximum atomic E-state index is 9.30. The molecule has 0 spiro atoms. The Morgan fingerprint density at radius 3 is 2.45 bits per heavy atom. The first kappa shape index (κ1) is 17.2. The molecule has 1 atom stereocenters. The second kappa shape index (κ2) is 9.11. The van der Waals surface area contributed by atoms with Crippen LogP contribution in [0.25, 0.3) is 0 Å². The van der Waals surface area contributed by atoms with E-state index in [1.54, 1.807) is 0 Å². The Balaban J connectivity index is 2.65. The molecule has 0 aliphatic heterocycles. The smallest absolute Gasteiger partial charge is 0.0558 e. The van der Waals surface area contributed by atoms with Crippen molar-refractivity contribution in [2.24, 2.45) is 5.41 Å². The van der Waals surface area contributed by atoms with E-state index in [9.17, 15) is 5.11 Å². The van der Waals surface area contributed by atoms with E-state index in [1.165, 1.54) is 5.56 Å². The Labute approximate surface area is 124 Å². The van der Waals surface area contributed by atoms with Crippen molar-refractivity contribution < 1.29 is 5.11 Å². The number of rotatable bonds is 10. The minimum absolute atomic E-state index is 0.216. The summed E-state index contributed by atoms with van der Waals surface area (Å²) in [4.78, 5) is 2.36. The van der Waals surface area contributed by atoms with E-state index >= 15 is 0 Å². The molecule has 0 fully saturated rings. The molecule has 0 aliphatic carbocycles. The fraction of sp³-hybridized carbons (Fsp3) is 0.647. The second-order valence-corrected chi connectivity index (χ2v) is 5.86. The molecule has 0 aromatic heterocycles. The van der Waals surface area contributed by atoms with Crippen molar-refractivity contribution in [2.45, 2.75) is 33.7 Å². The molecule has 3 heteroatoms. The number of benzene rings is 1. The molecule has 114 valence electrons. The van der Waals surface area contributed by atoms with Gasteiger partial charge >= 0.3 is 0 Å². The Hall–Kier alpha value is -0.900. The zero-order valence-corrected chi connectivity index (χ0v) is 13.2. The van der Waals surface area contributed by atoms with Gasteiger partial charge in [-0.3, -0.25) is 4.90 Å². The molecular formula is C17H30N2O. The molecule has 2 N–H and O–H groups in total. The van der Waals surface area contributed by atoms with Gasteiger partial charge in [-0.25, -0.2) is 0 Å². The Bertz CT molecular complexity index is 355. The van der Waals surface area contributed by atoms with Gasteiger partial charge in [0.2, 0.25) is 0 Å². The first-order chi connectivity index (χ1) is 9.63. The first-order valence-corrected chi connectivity index (χ1v) is 7.71. The van der Waals surface area contributed by atoms with E-state index in [2.05, 4.69) is 55.3 Å². The molecule has 0 saturated carbocycles. The number of aliphatic hydroxyl groups excluding tert-OH is 1. The van der Waals surface area contributed by atoms with Crippen molar-refractivity contribution in [3.05, 3.63) is 35.9 Å². The Kier molecular flexibility index (Phi) is 7.82. The van der Waals surface area contributed by atoms with Crippen molar-refractivity contribution in [2.75, 3.05) is 32.8 Å². The third-order valence-corrected chi connectivity index (χ3v) is 3.93. The molecule has 20 heavy (non-hydrogen) atoms. The summed E-state index contributed by atoms with van der Waals surface area (Å²) in [7, 11) is 0. The third-order valence-electron chi connectivity index (χ3n) is 3.93. The molecule has 0 aliphatic rings. The van der Waals surface area contributed by atoms with Crippen LogP contribution in [0.15, 0.2) is 30.3 Å². The van der Waals surface area contributed by atoms with Crippen molar-refractivity contribution >= 4 is 0 Å². The van der Waals surface area contributed by atoms with E-state index in [-0.39, 0.29) is 12.0 Å². The molecule has 1 unspecified atom stereocenters. The van der Waals surface area contributed by atoms with Gasteiger partial charge in [0.1, 0.15) is 0 Å². The molecule has 3 nitrogen and oxygen atoms in total.